The van der Waals surface area contributed by atoms with E-state index < -0.39 is 0 Å². The van der Waals surface area contributed by atoms with Gasteiger partial charge >= 0.3 is 0 Å². The van der Waals surface area contributed by atoms with Crippen molar-refractivity contribution in [3.8, 4) is 5.75 Å². The maximum Gasteiger partial charge on any atom is 0.273 e. The summed E-state index contributed by atoms with van der Waals surface area (Å²) in [4.78, 5) is 22.3. The van der Waals surface area contributed by atoms with Gasteiger partial charge in [0.1, 0.15) is 17.3 Å². The van der Waals surface area contributed by atoms with Crippen LogP contribution in [0, 0.1) is 0 Å². The van der Waals surface area contributed by atoms with E-state index in [0.717, 1.165) is 30.8 Å². The van der Waals surface area contributed by atoms with Crippen molar-refractivity contribution < 1.29 is 9.53 Å². The van der Waals surface area contributed by atoms with E-state index in [9.17, 15) is 4.79 Å². The van der Waals surface area contributed by atoms with Gasteiger partial charge in [0.2, 0.25) is 0 Å². The topological polar surface area (TPSA) is 67.4 Å². The first-order valence-corrected chi connectivity index (χ1v) is 7.62. The number of amides is 1. The zero-order valence-electron chi connectivity index (χ0n) is 13.7. The van der Waals surface area contributed by atoms with Crippen molar-refractivity contribution in [1.29, 1.82) is 0 Å². The third-order valence-corrected chi connectivity index (χ3v) is 3.43. The molecule has 0 aliphatic carbocycles. The second-order valence-electron chi connectivity index (χ2n) is 5.22. The van der Waals surface area contributed by atoms with Crippen LogP contribution in [0.1, 0.15) is 30.3 Å². The molecule has 0 radical (unpaired) electrons. The van der Waals surface area contributed by atoms with Crippen LogP contribution in [0.5, 0.6) is 5.75 Å². The van der Waals surface area contributed by atoms with Gasteiger partial charge in [0.05, 0.1) is 19.5 Å². The van der Waals surface area contributed by atoms with Crippen LogP contribution in [0.25, 0.3) is 0 Å². The van der Waals surface area contributed by atoms with Crippen LogP contribution in [0.2, 0.25) is 0 Å². The highest BCUT2D eigenvalue weighted by atomic mass is 16.5. The van der Waals surface area contributed by atoms with Gasteiger partial charge in [0.25, 0.3) is 5.91 Å². The fourth-order valence-corrected chi connectivity index (χ4v) is 2.02. The fourth-order valence-electron chi connectivity index (χ4n) is 2.02. The molecule has 122 valence electrons. The van der Waals surface area contributed by atoms with E-state index in [1.54, 1.807) is 25.3 Å². The minimum atomic E-state index is -0.109. The summed E-state index contributed by atoms with van der Waals surface area (Å²) in [6.45, 7) is 2.82. The quantitative estimate of drug-likeness (QED) is 0.850. The summed E-state index contributed by atoms with van der Waals surface area (Å²) in [7, 11) is 3.41. The normalized spacial score (nSPS) is 10.2. The van der Waals surface area contributed by atoms with E-state index in [1.807, 2.05) is 24.3 Å². The number of hydrogen-bond acceptors (Lipinski definition) is 5. The van der Waals surface area contributed by atoms with Gasteiger partial charge in [-0.1, -0.05) is 13.3 Å². The van der Waals surface area contributed by atoms with Crippen molar-refractivity contribution in [2.24, 2.45) is 0 Å². The molecule has 2 rings (SSSR count). The van der Waals surface area contributed by atoms with Crippen molar-refractivity contribution in [3.63, 3.8) is 0 Å². The summed E-state index contributed by atoms with van der Waals surface area (Å²) >= 11 is 0. The van der Waals surface area contributed by atoms with Crippen LogP contribution in [0.4, 0.5) is 11.5 Å². The number of ether oxygens (including phenoxy) is 1. The summed E-state index contributed by atoms with van der Waals surface area (Å²) in [5.41, 5.74) is 1.23. The number of carbonyl (C=O) groups excluding carboxylic acids is 1. The maximum absolute atomic E-state index is 12.2. The highest BCUT2D eigenvalue weighted by Crippen LogP contribution is 2.18. The first-order valence-electron chi connectivity index (χ1n) is 7.62. The van der Waals surface area contributed by atoms with Gasteiger partial charge in [-0.2, -0.15) is 0 Å². The number of methoxy groups -OCH3 is 1. The van der Waals surface area contributed by atoms with Crippen molar-refractivity contribution in [3.05, 3.63) is 42.4 Å². The minimum Gasteiger partial charge on any atom is -0.497 e. The molecular formula is C17H22N4O2. The van der Waals surface area contributed by atoms with Gasteiger partial charge in [0.15, 0.2) is 0 Å². The Morgan fingerprint density at radius 3 is 2.52 bits per heavy atom. The molecule has 2 aromatic rings. The molecular weight excluding hydrogens is 292 g/mol. The zero-order valence-corrected chi connectivity index (χ0v) is 13.7. The van der Waals surface area contributed by atoms with E-state index in [4.69, 9.17) is 4.74 Å². The lowest BCUT2D eigenvalue weighted by atomic mass is 10.3. The second-order valence-corrected chi connectivity index (χ2v) is 5.22. The lowest BCUT2D eigenvalue weighted by molar-refractivity contribution is 0.0787. The number of nitrogens with zero attached hydrogens (tertiary/aromatic N) is 3. The predicted molar refractivity (Wildman–Crippen MR) is 90.2 cm³/mol. The Labute approximate surface area is 136 Å². The van der Waals surface area contributed by atoms with Crippen molar-refractivity contribution >= 4 is 17.4 Å². The Morgan fingerprint density at radius 1 is 1.22 bits per heavy atom. The van der Waals surface area contributed by atoms with Gasteiger partial charge in [-0.15, -0.1) is 0 Å². The Kier molecular flexibility index (Phi) is 5.91. The zero-order chi connectivity index (χ0) is 16.7. The summed E-state index contributed by atoms with van der Waals surface area (Å²) in [6, 6.07) is 7.49. The largest absolute Gasteiger partial charge is 0.497 e. The Hall–Kier alpha value is -2.63. The maximum atomic E-state index is 12.2. The van der Waals surface area contributed by atoms with Gasteiger partial charge in [-0.05, 0) is 30.7 Å². The molecule has 0 aliphatic rings. The molecule has 1 aromatic carbocycles. The van der Waals surface area contributed by atoms with E-state index in [1.165, 1.54) is 6.20 Å². The van der Waals surface area contributed by atoms with Gasteiger partial charge < -0.3 is 15.0 Å². The molecule has 6 nitrogen and oxygen atoms in total. The lowest BCUT2D eigenvalue weighted by Crippen LogP contribution is -2.28. The average molecular weight is 314 g/mol. The van der Waals surface area contributed by atoms with Crippen molar-refractivity contribution in [1.82, 2.24) is 14.9 Å². The van der Waals surface area contributed by atoms with Gasteiger partial charge in [-0.25, -0.2) is 9.97 Å². The number of rotatable bonds is 7. The molecule has 1 aromatic heterocycles. The van der Waals surface area contributed by atoms with E-state index in [2.05, 4.69) is 22.2 Å². The van der Waals surface area contributed by atoms with E-state index >= 15 is 0 Å². The van der Waals surface area contributed by atoms with E-state index in [0.29, 0.717) is 11.5 Å². The molecule has 0 saturated heterocycles. The van der Waals surface area contributed by atoms with E-state index in [-0.39, 0.29) is 5.91 Å². The number of aromatic nitrogens is 2. The molecule has 1 N–H and O–H groups in total. The molecule has 1 amide bonds. The lowest BCUT2D eigenvalue weighted by Gasteiger charge is -2.16. The molecule has 0 aliphatic heterocycles. The summed E-state index contributed by atoms with van der Waals surface area (Å²) in [5, 5.41) is 3.13. The molecule has 6 heteroatoms. The van der Waals surface area contributed by atoms with Crippen LogP contribution in [-0.2, 0) is 0 Å². The number of nitrogens with one attached hydrogen (secondary N) is 1. The molecule has 23 heavy (non-hydrogen) atoms. The molecule has 1 heterocycles. The molecule has 0 spiro atoms. The molecule has 0 atom stereocenters. The number of anilines is 2. The third kappa shape index (κ3) is 4.67. The second kappa shape index (κ2) is 8.12. The summed E-state index contributed by atoms with van der Waals surface area (Å²) in [6.07, 6.45) is 5.09. The number of hydrogen-bond donors (Lipinski definition) is 1. The third-order valence-electron chi connectivity index (χ3n) is 3.43. The number of carbonyl (C=O) groups is 1. The Balaban J connectivity index is 1.99. The number of unbranched alkanes of at least 4 members (excludes halogenated alkanes) is 1. The highest BCUT2D eigenvalue weighted by molar-refractivity contribution is 5.91. The van der Waals surface area contributed by atoms with Crippen LogP contribution >= 0.6 is 0 Å². The molecule has 0 fully saturated rings. The van der Waals surface area contributed by atoms with Crippen LogP contribution < -0.4 is 10.1 Å². The van der Waals surface area contributed by atoms with Crippen molar-refractivity contribution in [2.45, 2.75) is 19.8 Å². The van der Waals surface area contributed by atoms with Gasteiger partial charge in [0, 0.05) is 19.3 Å². The average Bonchev–Trinajstić information content (AvgIpc) is 2.60. The first kappa shape index (κ1) is 16.7. The van der Waals surface area contributed by atoms with Crippen LogP contribution in [-0.4, -0.2) is 41.5 Å². The smallest absolute Gasteiger partial charge is 0.273 e. The monoisotopic (exact) mass is 314 g/mol. The SMILES string of the molecule is CCCCN(C)C(=O)c1cnc(Nc2ccc(OC)cc2)cn1. The Morgan fingerprint density at radius 2 is 1.96 bits per heavy atom. The standard InChI is InChI=1S/C17H22N4O2/c1-4-5-10-21(2)17(22)15-11-19-16(12-18-15)20-13-6-8-14(23-3)9-7-13/h6-9,11-12H,4-5,10H2,1-3H3,(H,19,20). The molecule has 0 bridgehead atoms. The minimum absolute atomic E-state index is 0.109. The van der Waals surface area contributed by atoms with Gasteiger partial charge in [-0.3, -0.25) is 4.79 Å². The first-order chi connectivity index (χ1) is 11.1. The Bertz CT molecular complexity index is 626. The fraction of sp³-hybridized carbons (Fsp3) is 0.353. The van der Waals surface area contributed by atoms with Crippen LogP contribution in [0.3, 0.4) is 0 Å². The predicted octanol–water partition coefficient (Wildman–Crippen LogP) is 3.10. The highest BCUT2D eigenvalue weighted by Gasteiger charge is 2.13. The van der Waals surface area contributed by atoms with Crippen LogP contribution in [0.15, 0.2) is 36.7 Å². The summed E-state index contributed by atoms with van der Waals surface area (Å²) in [5.74, 6) is 1.27. The summed E-state index contributed by atoms with van der Waals surface area (Å²) < 4.78 is 5.11. The molecule has 0 unspecified atom stereocenters. The number of benzene rings is 1. The van der Waals surface area contributed by atoms with Crippen molar-refractivity contribution in [2.75, 3.05) is 26.0 Å². The molecule has 0 saturated carbocycles.